The highest BCUT2D eigenvalue weighted by Gasteiger charge is 2.04. The van der Waals surface area contributed by atoms with E-state index in [2.05, 4.69) is 22.2 Å². The van der Waals surface area contributed by atoms with Gasteiger partial charge in [-0.1, -0.05) is 25.1 Å². The molecule has 0 fully saturated rings. The Morgan fingerprint density at radius 2 is 1.94 bits per heavy atom. The molecule has 18 heavy (non-hydrogen) atoms. The molecule has 0 saturated heterocycles. The molecular formula is C14H17N3O. The van der Waals surface area contributed by atoms with Crippen LogP contribution in [0.4, 0.5) is 5.82 Å². The number of aromatic nitrogens is 2. The van der Waals surface area contributed by atoms with Crippen molar-refractivity contribution in [3.05, 3.63) is 42.1 Å². The van der Waals surface area contributed by atoms with Crippen LogP contribution in [-0.2, 0) is 0 Å². The molecule has 2 rings (SSSR count). The van der Waals surface area contributed by atoms with E-state index in [0.29, 0.717) is 6.01 Å². The Labute approximate surface area is 107 Å². The summed E-state index contributed by atoms with van der Waals surface area (Å²) in [6.07, 6.45) is 1.05. The smallest absolute Gasteiger partial charge is 0.324 e. The van der Waals surface area contributed by atoms with E-state index in [0.717, 1.165) is 30.2 Å². The van der Waals surface area contributed by atoms with Crippen molar-refractivity contribution in [3.8, 4) is 11.8 Å². The predicted octanol–water partition coefficient (Wildman–Crippen LogP) is 3.40. The monoisotopic (exact) mass is 243 g/mol. The van der Waals surface area contributed by atoms with Gasteiger partial charge in [0.25, 0.3) is 0 Å². The summed E-state index contributed by atoms with van der Waals surface area (Å²) in [5.41, 5.74) is 0.884. The number of benzene rings is 1. The van der Waals surface area contributed by atoms with Crippen molar-refractivity contribution in [2.75, 3.05) is 11.9 Å². The van der Waals surface area contributed by atoms with Gasteiger partial charge in [-0.25, -0.2) is 4.98 Å². The fourth-order valence-electron chi connectivity index (χ4n) is 1.52. The summed E-state index contributed by atoms with van der Waals surface area (Å²) >= 11 is 0. The van der Waals surface area contributed by atoms with Gasteiger partial charge in [-0.15, -0.1) is 0 Å². The minimum Gasteiger partial charge on any atom is -0.424 e. The highest BCUT2D eigenvalue weighted by molar-refractivity contribution is 5.37. The van der Waals surface area contributed by atoms with E-state index >= 15 is 0 Å². The first-order chi connectivity index (χ1) is 8.78. The lowest BCUT2D eigenvalue weighted by atomic mass is 10.3. The Hall–Kier alpha value is -2.10. The topological polar surface area (TPSA) is 47.0 Å². The highest BCUT2D eigenvalue weighted by atomic mass is 16.5. The number of anilines is 1. The molecule has 0 bridgehead atoms. The maximum absolute atomic E-state index is 5.62. The molecule has 4 nitrogen and oxygen atoms in total. The van der Waals surface area contributed by atoms with Crippen LogP contribution in [0.25, 0.3) is 0 Å². The highest BCUT2D eigenvalue weighted by Crippen LogP contribution is 2.19. The van der Waals surface area contributed by atoms with Crippen molar-refractivity contribution in [2.45, 2.75) is 20.3 Å². The third kappa shape index (κ3) is 3.45. The second-order valence-electron chi connectivity index (χ2n) is 4.02. The number of hydrogen-bond donors (Lipinski definition) is 1. The van der Waals surface area contributed by atoms with Gasteiger partial charge in [0, 0.05) is 18.3 Å². The van der Waals surface area contributed by atoms with E-state index in [4.69, 9.17) is 4.74 Å². The van der Waals surface area contributed by atoms with Crippen LogP contribution in [0.3, 0.4) is 0 Å². The molecule has 1 aromatic heterocycles. The molecule has 0 radical (unpaired) electrons. The molecule has 0 amide bonds. The first-order valence-corrected chi connectivity index (χ1v) is 6.10. The number of ether oxygens (including phenoxy) is 1. The Morgan fingerprint density at radius 1 is 1.17 bits per heavy atom. The molecule has 1 N–H and O–H groups in total. The van der Waals surface area contributed by atoms with Crippen LogP contribution in [-0.4, -0.2) is 16.5 Å². The zero-order valence-electron chi connectivity index (χ0n) is 10.7. The van der Waals surface area contributed by atoms with Gasteiger partial charge < -0.3 is 10.1 Å². The number of hydrogen-bond acceptors (Lipinski definition) is 4. The number of nitrogens with zero attached hydrogens (tertiary/aromatic N) is 2. The average Bonchev–Trinajstić information content (AvgIpc) is 2.37. The van der Waals surface area contributed by atoms with Gasteiger partial charge in [0.05, 0.1) is 0 Å². The molecule has 94 valence electrons. The lowest BCUT2D eigenvalue weighted by Gasteiger charge is -2.08. The molecule has 0 saturated carbocycles. The lowest BCUT2D eigenvalue weighted by Crippen LogP contribution is -2.04. The van der Waals surface area contributed by atoms with Crippen molar-refractivity contribution in [3.63, 3.8) is 0 Å². The molecule has 0 aliphatic heterocycles. The minimum atomic E-state index is 0.375. The van der Waals surface area contributed by atoms with E-state index in [-0.39, 0.29) is 0 Å². The van der Waals surface area contributed by atoms with E-state index in [9.17, 15) is 0 Å². The van der Waals surface area contributed by atoms with Crippen LogP contribution in [0.2, 0.25) is 0 Å². The second kappa shape index (κ2) is 6.00. The molecule has 0 unspecified atom stereocenters. The van der Waals surface area contributed by atoms with Gasteiger partial charge >= 0.3 is 6.01 Å². The zero-order valence-corrected chi connectivity index (χ0v) is 10.7. The van der Waals surface area contributed by atoms with Gasteiger partial charge in [0.2, 0.25) is 0 Å². The molecule has 1 heterocycles. The standard InChI is InChI=1S/C14H17N3O/c1-3-9-15-13-10-11(2)16-14(17-13)18-12-7-5-4-6-8-12/h4-8,10H,3,9H2,1-2H3,(H,15,16,17). The first kappa shape index (κ1) is 12.4. The van der Waals surface area contributed by atoms with E-state index in [1.165, 1.54) is 0 Å². The molecule has 0 spiro atoms. The van der Waals surface area contributed by atoms with Crippen molar-refractivity contribution >= 4 is 5.82 Å². The molecule has 2 aromatic rings. The largest absolute Gasteiger partial charge is 0.424 e. The number of aryl methyl sites for hydroxylation is 1. The van der Waals surface area contributed by atoms with E-state index < -0.39 is 0 Å². The van der Waals surface area contributed by atoms with Gasteiger partial charge in [-0.3, -0.25) is 0 Å². The van der Waals surface area contributed by atoms with Crippen molar-refractivity contribution in [2.24, 2.45) is 0 Å². The number of para-hydroxylation sites is 1. The summed E-state index contributed by atoms with van der Waals surface area (Å²) in [4.78, 5) is 8.59. The summed E-state index contributed by atoms with van der Waals surface area (Å²) in [7, 11) is 0. The summed E-state index contributed by atoms with van der Waals surface area (Å²) in [5, 5.41) is 3.23. The Bertz CT molecular complexity index is 500. The minimum absolute atomic E-state index is 0.375. The first-order valence-electron chi connectivity index (χ1n) is 6.10. The molecule has 0 atom stereocenters. The summed E-state index contributed by atoms with van der Waals surface area (Å²) in [5.74, 6) is 1.54. The fraction of sp³-hybridized carbons (Fsp3) is 0.286. The van der Waals surface area contributed by atoms with Gasteiger partial charge in [0.1, 0.15) is 11.6 Å². The lowest BCUT2D eigenvalue weighted by molar-refractivity contribution is 0.441. The van der Waals surface area contributed by atoms with Gasteiger partial charge in [-0.2, -0.15) is 4.98 Å². The number of rotatable bonds is 5. The SMILES string of the molecule is CCCNc1cc(C)nc(Oc2ccccc2)n1. The zero-order chi connectivity index (χ0) is 12.8. The molecule has 4 heteroatoms. The molecular weight excluding hydrogens is 226 g/mol. The third-order valence-corrected chi connectivity index (χ3v) is 2.34. The third-order valence-electron chi connectivity index (χ3n) is 2.34. The fourth-order valence-corrected chi connectivity index (χ4v) is 1.52. The maximum Gasteiger partial charge on any atom is 0.324 e. The summed E-state index contributed by atoms with van der Waals surface area (Å²) < 4.78 is 5.62. The Morgan fingerprint density at radius 3 is 2.67 bits per heavy atom. The molecule has 1 aromatic carbocycles. The molecule has 0 aliphatic rings. The van der Waals surface area contributed by atoms with Crippen LogP contribution >= 0.6 is 0 Å². The van der Waals surface area contributed by atoms with Crippen LogP contribution in [0.1, 0.15) is 19.0 Å². The van der Waals surface area contributed by atoms with E-state index in [1.54, 1.807) is 0 Å². The molecule has 0 aliphatic carbocycles. The van der Waals surface area contributed by atoms with Crippen LogP contribution in [0, 0.1) is 6.92 Å². The van der Waals surface area contributed by atoms with Crippen LogP contribution < -0.4 is 10.1 Å². The second-order valence-corrected chi connectivity index (χ2v) is 4.02. The van der Waals surface area contributed by atoms with Gasteiger partial charge in [-0.05, 0) is 25.5 Å². The van der Waals surface area contributed by atoms with Gasteiger partial charge in [0.15, 0.2) is 0 Å². The normalized spacial score (nSPS) is 10.1. The maximum atomic E-state index is 5.62. The van der Waals surface area contributed by atoms with Crippen molar-refractivity contribution in [1.82, 2.24) is 9.97 Å². The Kier molecular flexibility index (Phi) is 4.12. The quantitative estimate of drug-likeness (QED) is 0.874. The van der Waals surface area contributed by atoms with Crippen LogP contribution in [0.5, 0.6) is 11.8 Å². The van der Waals surface area contributed by atoms with Crippen molar-refractivity contribution in [1.29, 1.82) is 0 Å². The van der Waals surface area contributed by atoms with E-state index in [1.807, 2.05) is 43.3 Å². The van der Waals surface area contributed by atoms with Crippen molar-refractivity contribution < 1.29 is 4.74 Å². The van der Waals surface area contributed by atoms with Crippen LogP contribution in [0.15, 0.2) is 36.4 Å². The summed E-state index contributed by atoms with van der Waals surface area (Å²) in [6, 6.07) is 11.8. The average molecular weight is 243 g/mol. The predicted molar refractivity (Wildman–Crippen MR) is 72.1 cm³/mol. The Balaban J connectivity index is 2.15. The summed E-state index contributed by atoms with van der Waals surface area (Å²) in [6.45, 7) is 4.93. The number of nitrogens with one attached hydrogen (secondary N) is 1.